The SMILES string of the molecule is CCOC(=O)[C@@H]1C(c2ccccc2)=NN2C(/C=C(\C)C(F)(F)F)=C(CC)C(C)(C)[C@@H]12. The van der Waals surface area contributed by atoms with Crippen molar-refractivity contribution in [3.63, 3.8) is 0 Å². The molecule has 0 N–H and O–H groups in total. The summed E-state index contributed by atoms with van der Waals surface area (Å²) in [6.07, 6.45) is -2.72. The molecule has 2 atom stereocenters. The van der Waals surface area contributed by atoms with E-state index in [9.17, 15) is 18.0 Å². The van der Waals surface area contributed by atoms with Gasteiger partial charge >= 0.3 is 12.1 Å². The van der Waals surface area contributed by atoms with Gasteiger partial charge in [0.05, 0.1) is 24.1 Å². The molecule has 0 saturated carbocycles. The minimum atomic E-state index is -4.43. The van der Waals surface area contributed by atoms with Gasteiger partial charge < -0.3 is 4.74 Å². The molecule has 0 unspecified atom stereocenters. The number of hydrogen-bond donors (Lipinski definition) is 0. The Morgan fingerprint density at radius 2 is 1.87 bits per heavy atom. The van der Waals surface area contributed by atoms with Crippen molar-refractivity contribution in [3.8, 4) is 0 Å². The van der Waals surface area contributed by atoms with Crippen LogP contribution in [-0.2, 0) is 9.53 Å². The Kier molecular flexibility index (Phi) is 5.85. The number of ether oxygens (including phenoxy) is 1. The number of hydrazone groups is 1. The van der Waals surface area contributed by atoms with Gasteiger partial charge in [0.15, 0.2) is 0 Å². The molecule has 0 radical (unpaired) electrons. The zero-order valence-corrected chi connectivity index (χ0v) is 17.9. The van der Waals surface area contributed by atoms with Gasteiger partial charge in [-0.25, -0.2) is 0 Å². The highest BCUT2D eigenvalue weighted by atomic mass is 19.4. The maximum absolute atomic E-state index is 13.3. The topological polar surface area (TPSA) is 41.9 Å². The minimum Gasteiger partial charge on any atom is -0.465 e. The van der Waals surface area contributed by atoms with Crippen LogP contribution in [0.15, 0.2) is 58.4 Å². The third kappa shape index (κ3) is 3.66. The number of carbonyl (C=O) groups excluding carboxylic acids is 1. The molecule has 0 saturated heterocycles. The number of nitrogens with zero attached hydrogens (tertiary/aromatic N) is 2. The van der Waals surface area contributed by atoms with Gasteiger partial charge in [0.1, 0.15) is 5.92 Å². The average Bonchev–Trinajstić information content (AvgIpc) is 3.16. The minimum absolute atomic E-state index is 0.221. The predicted molar refractivity (Wildman–Crippen MR) is 110 cm³/mol. The zero-order chi connectivity index (χ0) is 22.3. The quantitative estimate of drug-likeness (QED) is 0.594. The fraction of sp³-hybridized carbons (Fsp3) is 0.478. The highest BCUT2D eigenvalue weighted by Crippen LogP contribution is 2.52. The number of benzene rings is 1. The van der Waals surface area contributed by atoms with E-state index in [-0.39, 0.29) is 6.61 Å². The highest BCUT2D eigenvalue weighted by molar-refractivity contribution is 6.13. The van der Waals surface area contributed by atoms with Crippen LogP contribution < -0.4 is 0 Å². The molecule has 2 aliphatic rings. The maximum Gasteiger partial charge on any atom is 0.412 e. The standard InChI is InChI=1S/C23H27F3N2O2/c1-6-16-17(13-14(3)23(24,25)26)28-20(22(16,4)5)18(21(29)30-7-2)19(27-28)15-11-9-8-10-12-15/h8-13,18,20H,6-7H2,1-5H3/b14-13+/t18-,20-/m1/s1. The van der Waals surface area contributed by atoms with Gasteiger partial charge in [-0.05, 0) is 37.5 Å². The van der Waals surface area contributed by atoms with E-state index in [4.69, 9.17) is 9.84 Å². The normalized spacial score (nSPS) is 23.5. The van der Waals surface area contributed by atoms with Crippen LogP contribution in [0.25, 0.3) is 0 Å². The Morgan fingerprint density at radius 1 is 1.23 bits per heavy atom. The molecule has 4 nitrogen and oxygen atoms in total. The molecular formula is C23H27F3N2O2. The van der Waals surface area contributed by atoms with E-state index in [0.29, 0.717) is 17.8 Å². The fourth-order valence-electron chi connectivity index (χ4n) is 4.50. The summed E-state index contributed by atoms with van der Waals surface area (Å²) >= 11 is 0. The predicted octanol–water partition coefficient (Wildman–Crippen LogP) is 5.47. The molecule has 2 aliphatic heterocycles. The number of allylic oxidation sites excluding steroid dienone is 2. The second kappa shape index (κ2) is 7.93. The van der Waals surface area contributed by atoms with Crippen molar-refractivity contribution in [2.45, 2.75) is 53.3 Å². The summed E-state index contributed by atoms with van der Waals surface area (Å²) in [6.45, 7) is 8.85. The molecule has 0 aromatic heterocycles. The summed E-state index contributed by atoms with van der Waals surface area (Å²) in [7, 11) is 0. The van der Waals surface area contributed by atoms with Crippen LogP contribution in [0.5, 0.6) is 0 Å². The molecule has 2 heterocycles. The maximum atomic E-state index is 13.3. The van der Waals surface area contributed by atoms with Gasteiger partial charge in [-0.1, -0.05) is 51.1 Å². The number of carbonyl (C=O) groups is 1. The van der Waals surface area contributed by atoms with Gasteiger partial charge in [-0.2, -0.15) is 18.3 Å². The van der Waals surface area contributed by atoms with Gasteiger partial charge in [-0.3, -0.25) is 9.80 Å². The van der Waals surface area contributed by atoms with E-state index in [1.807, 2.05) is 51.1 Å². The molecule has 0 fully saturated rings. The van der Waals surface area contributed by atoms with E-state index in [1.54, 1.807) is 11.9 Å². The van der Waals surface area contributed by atoms with E-state index in [1.165, 1.54) is 0 Å². The molecule has 0 spiro atoms. The number of rotatable bonds is 5. The highest BCUT2D eigenvalue weighted by Gasteiger charge is 2.57. The second-order valence-electron chi connectivity index (χ2n) is 8.13. The lowest BCUT2D eigenvalue weighted by molar-refractivity contribution is -0.147. The molecular weight excluding hydrogens is 393 g/mol. The van der Waals surface area contributed by atoms with Crippen LogP contribution in [0.4, 0.5) is 13.2 Å². The van der Waals surface area contributed by atoms with Crippen molar-refractivity contribution < 1.29 is 22.7 Å². The molecule has 3 rings (SSSR count). The number of alkyl halides is 3. The smallest absolute Gasteiger partial charge is 0.412 e. The third-order valence-electron chi connectivity index (χ3n) is 5.93. The summed E-state index contributed by atoms with van der Waals surface area (Å²) < 4.78 is 45.3. The van der Waals surface area contributed by atoms with E-state index in [0.717, 1.165) is 24.1 Å². The Labute approximate surface area is 175 Å². The van der Waals surface area contributed by atoms with Gasteiger partial charge in [0.25, 0.3) is 0 Å². The van der Waals surface area contributed by atoms with Crippen molar-refractivity contribution in [2.75, 3.05) is 6.61 Å². The number of hydrogen-bond acceptors (Lipinski definition) is 4. The summed E-state index contributed by atoms with van der Waals surface area (Å²) in [6, 6.07) is 8.79. The number of fused-ring (bicyclic) bond motifs is 1. The van der Waals surface area contributed by atoms with E-state index in [2.05, 4.69) is 0 Å². The monoisotopic (exact) mass is 420 g/mol. The molecule has 0 amide bonds. The zero-order valence-electron chi connectivity index (χ0n) is 17.9. The van der Waals surface area contributed by atoms with Crippen molar-refractivity contribution in [2.24, 2.45) is 16.4 Å². The van der Waals surface area contributed by atoms with Crippen LogP contribution in [0.1, 0.15) is 46.6 Å². The first-order chi connectivity index (χ1) is 14.0. The summed E-state index contributed by atoms with van der Waals surface area (Å²) in [5.41, 5.74) is 1.29. The Balaban J connectivity index is 2.19. The van der Waals surface area contributed by atoms with Gasteiger partial charge in [0, 0.05) is 11.0 Å². The van der Waals surface area contributed by atoms with Crippen molar-refractivity contribution in [3.05, 3.63) is 58.8 Å². The van der Waals surface area contributed by atoms with Crippen LogP contribution in [-0.4, -0.2) is 35.5 Å². The molecule has 0 aliphatic carbocycles. The van der Waals surface area contributed by atoms with Crippen molar-refractivity contribution in [1.82, 2.24) is 5.01 Å². The number of esters is 1. The average molecular weight is 420 g/mol. The largest absolute Gasteiger partial charge is 0.465 e. The molecule has 1 aromatic carbocycles. The van der Waals surface area contributed by atoms with Crippen molar-refractivity contribution >= 4 is 11.7 Å². The van der Waals surface area contributed by atoms with E-state index < -0.39 is 35.1 Å². The van der Waals surface area contributed by atoms with E-state index >= 15 is 0 Å². The Morgan fingerprint density at radius 3 is 2.40 bits per heavy atom. The summed E-state index contributed by atoms with van der Waals surface area (Å²) in [5.74, 6) is -1.10. The molecule has 0 bridgehead atoms. The number of halogens is 3. The van der Waals surface area contributed by atoms with Crippen LogP contribution >= 0.6 is 0 Å². The first-order valence-corrected chi connectivity index (χ1v) is 10.1. The van der Waals surface area contributed by atoms with Crippen LogP contribution in [0.3, 0.4) is 0 Å². The molecule has 1 aromatic rings. The lowest BCUT2D eigenvalue weighted by Gasteiger charge is -2.33. The lowest BCUT2D eigenvalue weighted by Crippen LogP contribution is -2.44. The van der Waals surface area contributed by atoms with Gasteiger partial charge in [0.2, 0.25) is 0 Å². The third-order valence-corrected chi connectivity index (χ3v) is 5.93. The molecule has 162 valence electrons. The molecule has 7 heteroatoms. The summed E-state index contributed by atoms with van der Waals surface area (Å²) in [5, 5.41) is 6.30. The lowest BCUT2D eigenvalue weighted by atomic mass is 9.72. The first kappa shape index (κ1) is 22.1. The van der Waals surface area contributed by atoms with Crippen LogP contribution in [0.2, 0.25) is 0 Å². The van der Waals surface area contributed by atoms with Crippen molar-refractivity contribution in [1.29, 1.82) is 0 Å². The second-order valence-corrected chi connectivity index (χ2v) is 8.13. The summed E-state index contributed by atoms with van der Waals surface area (Å²) in [4.78, 5) is 13.0. The van der Waals surface area contributed by atoms with Crippen LogP contribution in [0, 0.1) is 11.3 Å². The Bertz CT molecular complexity index is 914. The molecule has 30 heavy (non-hydrogen) atoms. The Hall–Kier alpha value is -2.57. The fourth-order valence-corrected chi connectivity index (χ4v) is 4.50. The first-order valence-electron chi connectivity index (χ1n) is 10.1. The van der Waals surface area contributed by atoms with Gasteiger partial charge in [-0.15, -0.1) is 0 Å².